The fourth-order valence-electron chi connectivity index (χ4n) is 1.72. The molecule has 1 aromatic heterocycles. The molecule has 2 rings (SSSR count). The van der Waals surface area contributed by atoms with Gasteiger partial charge in [-0.05, 0) is 44.4 Å². The van der Waals surface area contributed by atoms with E-state index >= 15 is 0 Å². The summed E-state index contributed by atoms with van der Waals surface area (Å²) in [6.07, 6.45) is 5.30. The Morgan fingerprint density at radius 2 is 1.73 bits per heavy atom. The van der Waals surface area contributed by atoms with Crippen molar-refractivity contribution < 1.29 is 8.73 Å². The van der Waals surface area contributed by atoms with Crippen LogP contribution in [0.25, 0.3) is 0 Å². The second kappa shape index (κ2) is 12.2. The molecule has 0 aliphatic rings. The molecule has 0 fully saturated rings. The van der Waals surface area contributed by atoms with Crippen LogP contribution in [-0.4, -0.2) is 15.6 Å². The summed E-state index contributed by atoms with van der Waals surface area (Å²) in [7, 11) is -0.843. The molecule has 124 valence electrons. The Kier molecular flexibility index (Phi) is 11.4. The second-order valence-corrected chi connectivity index (χ2v) is 6.16. The first-order valence-electron chi connectivity index (χ1n) is 7.85. The summed E-state index contributed by atoms with van der Waals surface area (Å²) in [5.74, 6) is 0.873. The van der Waals surface area contributed by atoms with E-state index in [1.807, 2.05) is 45.9 Å². The van der Waals surface area contributed by atoms with Crippen molar-refractivity contribution in [3.63, 3.8) is 0 Å². The lowest BCUT2D eigenvalue weighted by molar-refractivity contribution is 0.393. The number of benzene rings is 1. The average Bonchev–Trinajstić information content (AvgIpc) is 2.91. The standard InChI is InChI=1S/C11H16OS.C5H7NO.C2H6/c1-3-4-5-10-6-8-11(9-7-10)13(2)12;1-4-3-5(2)7-6-4;1-2/h6-9H,3-5H2,1-2H3;3H,1-2H3;1-2H3. The highest BCUT2D eigenvalue weighted by Gasteiger charge is 1.96. The van der Waals surface area contributed by atoms with Crippen LogP contribution >= 0.6 is 0 Å². The van der Waals surface area contributed by atoms with Crippen LogP contribution in [0.5, 0.6) is 0 Å². The van der Waals surface area contributed by atoms with Gasteiger partial charge in [-0.3, -0.25) is 4.21 Å². The van der Waals surface area contributed by atoms with Gasteiger partial charge in [0.25, 0.3) is 0 Å². The van der Waals surface area contributed by atoms with E-state index in [2.05, 4.69) is 24.2 Å². The quantitative estimate of drug-likeness (QED) is 0.787. The molecule has 4 heteroatoms. The van der Waals surface area contributed by atoms with E-state index in [9.17, 15) is 4.21 Å². The van der Waals surface area contributed by atoms with E-state index in [0.29, 0.717) is 0 Å². The SMILES string of the molecule is CC.CCCCc1ccc(S(C)=O)cc1.Cc1cc(C)on1. The Morgan fingerprint density at radius 3 is 2.05 bits per heavy atom. The molecule has 1 atom stereocenters. The minimum absolute atomic E-state index is 0.843. The summed E-state index contributed by atoms with van der Waals surface area (Å²) in [5.41, 5.74) is 2.29. The lowest BCUT2D eigenvalue weighted by Gasteiger charge is -2.00. The van der Waals surface area contributed by atoms with Crippen LogP contribution in [0.3, 0.4) is 0 Å². The van der Waals surface area contributed by atoms with Crippen LogP contribution in [0, 0.1) is 13.8 Å². The van der Waals surface area contributed by atoms with Gasteiger partial charge in [0.05, 0.1) is 5.69 Å². The highest BCUT2D eigenvalue weighted by molar-refractivity contribution is 7.84. The summed E-state index contributed by atoms with van der Waals surface area (Å²) < 4.78 is 15.8. The Morgan fingerprint density at radius 1 is 1.14 bits per heavy atom. The molecule has 3 nitrogen and oxygen atoms in total. The summed E-state index contributed by atoms with van der Waals surface area (Å²) in [6, 6.07) is 9.96. The van der Waals surface area contributed by atoms with Gasteiger partial charge in [-0.2, -0.15) is 0 Å². The van der Waals surface area contributed by atoms with Gasteiger partial charge in [-0.25, -0.2) is 0 Å². The predicted molar refractivity (Wildman–Crippen MR) is 94.7 cm³/mol. The van der Waals surface area contributed by atoms with Crippen molar-refractivity contribution in [3.05, 3.63) is 47.3 Å². The van der Waals surface area contributed by atoms with E-state index in [0.717, 1.165) is 22.8 Å². The molecule has 0 bridgehead atoms. The molecule has 0 saturated carbocycles. The topological polar surface area (TPSA) is 43.1 Å². The minimum atomic E-state index is -0.843. The third-order valence-electron chi connectivity index (χ3n) is 2.82. The molecule has 0 aliphatic heterocycles. The van der Waals surface area contributed by atoms with Crippen LogP contribution in [0.15, 0.2) is 39.8 Å². The number of nitrogens with zero attached hydrogens (tertiary/aromatic N) is 1. The van der Waals surface area contributed by atoms with Gasteiger partial charge in [-0.15, -0.1) is 0 Å². The number of rotatable bonds is 4. The smallest absolute Gasteiger partial charge is 0.133 e. The zero-order valence-corrected chi connectivity index (χ0v) is 15.5. The van der Waals surface area contributed by atoms with Crippen molar-refractivity contribution in [2.45, 2.75) is 58.8 Å². The first-order valence-corrected chi connectivity index (χ1v) is 9.41. The number of unbranched alkanes of at least 4 members (excludes halogenated alkanes) is 1. The van der Waals surface area contributed by atoms with Crippen molar-refractivity contribution in [3.8, 4) is 0 Å². The Bertz CT molecular complexity index is 516. The lowest BCUT2D eigenvalue weighted by atomic mass is 10.1. The monoisotopic (exact) mass is 323 g/mol. The molecule has 0 saturated heterocycles. The van der Waals surface area contributed by atoms with Crippen molar-refractivity contribution in [2.75, 3.05) is 6.26 Å². The van der Waals surface area contributed by atoms with E-state index in [-0.39, 0.29) is 0 Å². The first kappa shape index (κ1) is 20.6. The van der Waals surface area contributed by atoms with Gasteiger partial charge in [-0.1, -0.05) is 44.5 Å². The number of aromatic nitrogens is 1. The van der Waals surface area contributed by atoms with Crippen LogP contribution in [0.4, 0.5) is 0 Å². The zero-order valence-electron chi connectivity index (χ0n) is 14.7. The molecule has 2 aromatic rings. The maximum Gasteiger partial charge on any atom is 0.133 e. The summed E-state index contributed by atoms with van der Waals surface area (Å²) in [4.78, 5) is 0.917. The van der Waals surface area contributed by atoms with Crippen LogP contribution in [0.2, 0.25) is 0 Å². The molecule has 22 heavy (non-hydrogen) atoms. The molecule has 0 radical (unpaired) electrons. The molecule has 1 aromatic carbocycles. The molecule has 0 N–H and O–H groups in total. The summed E-state index contributed by atoms with van der Waals surface area (Å²) in [5, 5.41) is 3.64. The number of hydrogen-bond donors (Lipinski definition) is 0. The van der Waals surface area contributed by atoms with E-state index < -0.39 is 10.8 Å². The molecule has 1 unspecified atom stereocenters. The van der Waals surface area contributed by atoms with E-state index in [1.165, 1.54) is 18.4 Å². The van der Waals surface area contributed by atoms with Crippen LogP contribution in [-0.2, 0) is 17.2 Å². The van der Waals surface area contributed by atoms with Gasteiger partial charge in [0.1, 0.15) is 5.76 Å². The van der Waals surface area contributed by atoms with Crippen molar-refractivity contribution >= 4 is 10.8 Å². The van der Waals surface area contributed by atoms with Crippen LogP contribution < -0.4 is 0 Å². The van der Waals surface area contributed by atoms with Crippen molar-refractivity contribution in [1.29, 1.82) is 0 Å². The van der Waals surface area contributed by atoms with Gasteiger partial charge < -0.3 is 4.52 Å². The van der Waals surface area contributed by atoms with Gasteiger partial charge in [0.2, 0.25) is 0 Å². The number of hydrogen-bond acceptors (Lipinski definition) is 3. The Labute approximate surface area is 137 Å². The molecule has 1 heterocycles. The molecule has 0 spiro atoms. The third kappa shape index (κ3) is 8.78. The maximum absolute atomic E-state index is 11.1. The zero-order chi connectivity index (χ0) is 17.0. The maximum atomic E-state index is 11.1. The van der Waals surface area contributed by atoms with E-state index in [1.54, 1.807) is 6.26 Å². The Hall–Kier alpha value is -1.42. The normalized spacial score (nSPS) is 10.8. The van der Waals surface area contributed by atoms with Crippen LogP contribution in [0.1, 0.15) is 50.6 Å². The summed E-state index contributed by atoms with van der Waals surface area (Å²) >= 11 is 0. The largest absolute Gasteiger partial charge is 0.361 e. The fourth-order valence-corrected chi connectivity index (χ4v) is 2.24. The van der Waals surface area contributed by atoms with Gasteiger partial charge in [0, 0.05) is 28.0 Å². The Balaban J connectivity index is 0.000000412. The lowest BCUT2D eigenvalue weighted by Crippen LogP contribution is -1.89. The van der Waals surface area contributed by atoms with Crippen molar-refractivity contribution in [2.24, 2.45) is 0 Å². The highest BCUT2D eigenvalue weighted by atomic mass is 32.2. The van der Waals surface area contributed by atoms with Gasteiger partial charge in [0.15, 0.2) is 0 Å². The molecule has 0 amide bonds. The fraction of sp³-hybridized carbons (Fsp3) is 0.500. The van der Waals surface area contributed by atoms with Crippen molar-refractivity contribution in [1.82, 2.24) is 5.16 Å². The molecule has 0 aliphatic carbocycles. The second-order valence-electron chi connectivity index (χ2n) is 4.78. The average molecular weight is 324 g/mol. The first-order chi connectivity index (χ1) is 10.5. The summed E-state index contributed by atoms with van der Waals surface area (Å²) in [6.45, 7) is 9.96. The number of aryl methyl sites for hydroxylation is 3. The molecular formula is C18H29NO2S. The highest BCUT2D eigenvalue weighted by Crippen LogP contribution is 2.09. The van der Waals surface area contributed by atoms with E-state index in [4.69, 9.17) is 4.52 Å². The minimum Gasteiger partial charge on any atom is -0.361 e. The van der Waals surface area contributed by atoms with Gasteiger partial charge >= 0.3 is 0 Å². The molecular weight excluding hydrogens is 294 g/mol. The third-order valence-corrected chi connectivity index (χ3v) is 3.76. The predicted octanol–water partition coefficient (Wildman–Crippen LogP) is 5.08.